The number of aromatic carboxylic acids is 1. The third-order valence-corrected chi connectivity index (χ3v) is 2.38. The molecule has 0 spiro atoms. The molecule has 0 saturated heterocycles. The summed E-state index contributed by atoms with van der Waals surface area (Å²) >= 11 is 0. The predicted octanol–water partition coefficient (Wildman–Crippen LogP) is 0.959. The quantitative estimate of drug-likeness (QED) is 0.740. The van der Waals surface area contributed by atoms with Crippen molar-refractivity contribution < 1.29 is 23.5 Å². The molecule has 2 rings (SSSR count). The van der Waals surface area contributed by atoms with E-state index in [1.807, 2.05) is 0 Å². The van der Waals surface area contributed by atoms with Crippen molar-refractivity contribution in [2.24, 2.45) is 5.73 Å². The van der Waals surface area contributed by atoms with Crippen molar-refractivity contribution in [2.45, 2.75) is 13.1 Å². The van der Waals surface area contributed by atoms with E-state index < -0.39 is 11.9 Å². The van der Waals surface area contributed by atoms with Gasteiger partial charge in [-0.3, -0.25) is 4.79 Å². The zero-order chi connectivity index (χ0) is 13.8. The SMILES string of the molecule is NCc1ccc(C(=O)NCc2ccc(C(=O)O)o2)o1. The number of carboxylic acid groups (broad SMARTS) is 1. The standard InChI is InChI=1S/C12H12N2O5/c13-5-7-1-3-9(18-7)11(15)14-6-8-2-4-10(19-8)12(16)17/h1-4H,5-6,13H2,(H,14,15)(H,16,17). The second-order valence-electron chi connectivity index (χ2n) is 3.72. The highest BCUT2D eigenvalue weighted by atomic mass is 16.4. The third kappa shape index (κ3) is 3.02. The lowest BCUT2D eigenvalue weighted by atomic mass is 10.4. The largest absolute Gasteiger partial charge is 0.475 e. The Balaban J connectivity index is 1.94. The molecular weight excluding hydrogens is 252 g/mol. The molecule has 0 aromatic carbocycles. The summed E-state index contributed by atoms with van der Waals surface area (Å²) in [7, 11) is 0. The van der Waals surface area contributed by atoms with Gasteiger partial charge >= 0.3 is 5.97 Å². The average molecular weight is 264 g/mol. The molecule has 1 amide bonds. The maximum Gasteiger partial charge on any atom is 0.371 e. The van der Waals surface area contributed by atoms with Crippen LogP contribution in [0.4, 0.5) is 0 Å². The molecule has 0 saturated carbocycles. The first kappa shape index (κ1) is 12.9. The number of rotatable bonds is 5. The summed E-state index contributed by atoms with van der Waals surface area (Å²) < 4.78 is 10.2. The van der Waals surface area contributed by atoms with E-state index >= 15 is 0 Å². The van der Waals surface area contributed by atoms with Gasteiger partial charge in [0.25, 0.3) is 5.91 Å². The highest BCUT2D eigenvalue weighted by Gasteiger charge is 2.13. The summed E-state index contributed by atoms with van der Waals surface area (Å²) in [6.07, 6.45) is 0. The van der Waals surface area contributed by atoms with E-state index in [2.05, 4.69) is 5.32 Å². The van der Waals surface area contributed by atoms with E-state index in [1.165, 1.54) is 18.2 Å². The van der Waals surface area contributed by atoms with Crippen molar-refractivity contribution in [1.82, 2.24) is 5.32 Å². The monoisotopic (exact) mass is 264 g/mol. The van der Waals surface area contributed by atoms with Crippen LogP contribution in [0.5, 0.6) is 0 Å². The lowest BCUT2D eigenvalue weighted by Gasteiger charge is -2.00. The zero-order valence-electron chi connectivity index (χ0n) is 9.88. The molecule has 0 aliphatic heterocycles. The highest BCUT2D eigenvalue weighted by Crippen LogP contribution is 2.09. The Morgan fingerprint density at radius 3 is 2.32 bits per heavy atom. The summed E-state index contributed by atoms with van der Waals surface area (Å²) in [6, 6.07) is 5.94. The normalized spacial score (nSPS) is 10.4. The number of carbonyl (C=O) groups is 2. The van der Waals surface area contributed by atoms with E-state index in [1.54, 1.807) is 6.07 Å². The molecule has 7 nitrogen and oxygen atoms in total. The van der Waals surface area contributed by atoms with Gasteiger partial charge in [0, 0.05) is 0 Å². The van der Waals surface area contributed by atoms with Crippen LogP contribution in [-0.2, 0) is 13.1 Å². The van der Waals surface area contributed by atoms with Gasteiger partial charge in [0.1, 0.15) is 11.5 Å². The van der Waals surface area contributed by atoms with Crippen molar-refractivity contribution in [3.63, 3.8) is 0 Å². The van der Waals surface area contributed by atoms with Crippen molar-refractivity contribution in [2.75, 3.05) is 0 Å². The van der Waals surface area contributed by atoms with Gasteiger partial charge in [-0.15, -0.1) is 0 Å². The molecule has 7 heteroatoms. The predicted molar refractivity (Wildman–Crippen MR) is 63.4 cm³/mol. The molecule has 0 radical (unpaired) electrons. The number of nitrogens with one attached hydrogen (secondary N) is 1. The molecule has 0 aliphatic rings. The molecule has 0 atom stereocenters. The molecule has 0 fully saturated rings. The van der Waals surface area contributed by atoms with Crippen LogP contribution in [-0.4, -0.2) is 17.0 Å². The fourth-order valence-electron chi connectivity index (χ4n) is 1.45. The van der Waals surface area contributed by atoms with Crippen molar-refractivity contribution in [3.8, 4) is 0 Å². The number of carbonyl (C=O) groups excluding carboxylic acids is 1. The Morgan fingerprint density at radius 2 is 1.74 bits per heavy atom. The first-order chi connectivity index (χ1) is 9.10. The van der Waals surface area contributed by atoms with Crippen molar-refractivity contribution in [1.29, 1.82) is 0 Å². The summed E-state index contributed by atoms with van der Waals surface area (Å²) in [4.78, 5) is 22.3. The van der Waals surface area contributed by atoms with Gasteiger partial charge in [-0.25, -0.2) is 4.79 Å². The molecule has 2 heterocycles. The summed E-state index contributed by atoms with van der Waals surface area (Å²) in [5.41, 5.74) is 5.36. The second kappa shape index (κ2) is 5.40. The Kier molecular flexibility index (Phi) is 3.67. The maximum atomic E-state index is 11.7. The van der Waals surface area contributed by atoms with Crippen LogP contribution in [0, 0.1) is 0 Å². The number of nitrogens with two attached hydrogens (primary N) is 1. The van der Waals surface area contributed by atoms with Crippen LogP contribution in [0.15, 0.2) is 33.1 Å². The van der Waals surface area contributed by atoms with Crippen molar-refractivity contribution >= 4 is 11.9 Å². The maximum absolute atomic E-state index is 11.7. The third-order valence-electron chi connectivity index (χ3n) is 2.38. The number of hydrogen-bond donors (Lipinski definition) is 3. The Morgan fingerprint density at radius 1 is 1.11 bits per heavy atom. The van der Waals surface area contributed by atoms with Crippen LogP contribution < -0.4 is 11.1 Å². The van der Waals surface area contributed by atoms with E-state index in [4.69, 9.17) is 19.7 Å². The van der Waals surface area contributed by atoms with Gasteiger partial charge in [0.2, 0.25) is 5.76 Å². The Hall–Kier alpha value is -2.54. The lowest BCUT2D eigenvalue weighted by Crippen LogP contribution is -2.22. The highest BCUT2D eigenvalue weighted by molar-refractivity contribution is 5.91. The van der Waals surface area contributed by atoms with E-state index in [9.17, 15) is 9.59 Å². The molecular formula is C12H12N2O5. The molecule has 2 aromatic rings. The number of hydrogen-bond acceptors (Lipinski definition) is 5. The second-order valence-corrected chi connectivity index (χ2v) is 3.72. The minimum absolute atomic E-state index is 0.0742. The molecule has 0 bridgehead atoms. The van der Waals surface area contributed by atoms with Crippen LogP contribution in [0.2, 0.25) is 0 Å². The fourth-order valence-corrected chi connectivity index (χ4v) is 1.45. The topological polar surface area (TPSA) is 119 Å². The Bertz CT molecular complexity index is 599. The smallest absolute Gasteiger partial charge is 0.371 e. The lowest BCUT2D eigenvalue weighted by molar-refractivity contribution is 0.0660. The summed E-state index contributed by atoms with van der Waals surface area (Å²) in [5.74, 6) is -0.755. The van der Waals surface area contributed by atoms with Crippen LogP contribution in [0.1, 0.15) is 32.6 Å². The first-order valence-corrected chi connectivity index (χ1v) is 5.49. The zero-order valence-corrected chi connectivity index (χ0v) is 9.88. The minimum atomic E-state index is -1.16. The minimum Gasteiger partial charge on any atom is -0.475 e. The average Bonchev–Trinajstić information content (AvgIpc) is 3.04. The van der Waals surface area contributed by atoms with Gasteiger partial charge in [0.05, 0.1) is 13.1 Å². The van der Waals surface area contributed by atoms with Gasteiger partial charge in [-0.1, -0.05) is 0 Å². The molecule has 2 aromatic heterocycles. The summed E-state index contributed by atoms with van der Waals surface area (Å²) in [5, 5.41) is 11.2. The number of carboxylic acids is 1. The first-order valence-electron chi connectivity index (χ1n) is 5.49. The van der Waals surface area contributed by atoms with Crippen LogP contribution >= 0.6 is 0 Å². The molecule has 0 unspecified atom stereocenters. The van der Waals surface area contributed by atoms with Gasteiger partial charge < -0.3 is 25.0 Å². The number of amides is 1. The van der Waals surface area contributed by atoms with Crippen LogP contribution in [0.25, 0.3) is 0 Å². The van der Waals surface area contributed by atoms with E-state index in [0.717, 1.165) is 0 Å². The molecule has 0 aliphatic carbocycles. The van der Waals surface area contributed by atoms with E-state index in [-0.39, 0.29) is 24.6 Å². The number of furan rings is 2. The van der Waals surface area contributed by atoms with Crippen LogP contribution in [0.3, 0.4) is 0 Å². The van der Waals surface area contributed by atoms with Gasteiger partial charge in [-0.05, 0) is 24.3 Å². The molecule has 19 heavy (non-hydrogen) atoms. The summed E-state index contributed by atoms with van der Waals surface area (Å²) in [6.45, 7) is 0.290. The Labute approximate surface area is 108 Å². The fraction of sp³-hybridized carbons (Fsp3) is 0.167. The van der Waals surface area contributed by atoms with Crippen molar-refractivity contribution in [3.05, 3.63) is 47.3 Å². The van der Waals surface area contributed by atoms with E-state index in [0.29, 0.717) is 11.5 Å². The molecule has 100 valence electrons. The van der Waals surface area contributed by atoms with Gasteiger partial charge in [-0.2, -0.15) is 0 Å². The molecule has 4 N–H and O–H groups in total. The van der Waals surface area contributed by atoms with Gasteiger partial charge in [0.15, 0.2) is 5.76 Å².